The van der Waals surface area contributed by atoms with Crippen LogP contribution in [0.3, 0.4) is 0 Å². The molecule has 0 aliphatic heterocycles. The summed E-state index contributed by atoms with van der Waals surface area (Å²) in [6, 6.07) is 0. The molecule has 0 aromatic heterocycles. The summed E-state index contributed by atoms with van der Waals surface area (Å²) in [5, 5.41) is 0. The first kappa shape index (κ1) is 18.4. The Balaban J connectivity index is 3.16. The quantitative estimate of drug-likeness (QED) is 0.374. The van der Waals surface area contributed by atoms with E-state index in [4.69, 9.17) is 4.74 Å². The Morgan fingerprint density at radius 1 is 0.895 bits per heavy atom. The largest absolute Gasteiger partial charge is 0.466 e. The van der Waals surface area contributed by atoms with Gasteiger partial charge in [0.15, 0.2) is 0 Å². The van der Waals surface area contributed by atoms with Crippen LogP contribution in [0, 0.1) is 0 Å². The molecule has 0 saturated heterocycles. The molecule has 3 nitrogen and oxygen atoms in total. The zero-order valence-corrected chi connectivity index (χ0v) is 13.2. The highest BCUT2D eigenvalue weighted by Crippen LogP contribution is 2.06. The molecule has 0 aromatic rings. The van der Waals surface area contributed by atoms with Crippen LogP contribution in [0.25, 0.3) is 0 Å². The van der Waals surface area contributed by atoms with Gasteiger partial charge in [0.25, 0.3) is 0 Å². The predicted molar refractivity (Wildman–Crippen MR) is 81.4 cm³/mol. The molecule has 3 heteroatoms. The third-order valence-corrected chi connectivity index (χ3v) is 3.25. The van der Waals surface area contributed by atoms with Crippen LogP contribution in [0.4, 0.5) is 0 Å². The first-order valence-corrected chi connectivity index (χ1v) is 7.97. The molecule has 114 valence electrons. The number of nitrogens with zero attached hydrogens (tertiary/aromatic N) is 1. The fourth-order valence-electron chi connectivity index (χ4n) is 2.01. The molecule has 0 rings (SSSR count). The third kappa shape index (κ3) is 15.4. The van der Waals surface area contributed by atoms with Crippen molar-refractivity contribution < 1.29 is 9.53 Å². The third-order valence-electron chi connectivity index (χ3n) is 3.25. The van der Waals surface area contributed by atoms with Crippen molar-refractivity contribution in [2.24, 2.45) is 0 Å². The summed E-state index contributed by atoms with van der Waals surface area (Å²) >= 11 is 0. The number of ether oxygens (including phenoxy) is 1. The van der Waals surface area contributed by atoms with Crippen molar-refractivity contribution in [3.8, 4) is 0 Å². The van der Waals surface area contributed by atoms with Crippen LogP contribution in [0.2, 0.25) is 0 Å². The van der Waals surface area contributed by atoms with Gasteiger partial charge in [0.05, 0.1) is 6.61 Å². The van der Waals surface area contributed by atoms with Gasteiger partial charge in [-0.05, 0) is 39.9 Å². The van der Waals surface area contributed by atoms with Crippen LogP contribution in [0.15, 0.2) is 0 Å². The topological polar surface area (TPSA) is 29.5 Å². The second kappa shape index (κ2) is 13.9. The summed E-state index contributed by atoms with van der Waals surface area (Å²) in [6.07, 6.45) is 11.2. The Morgan fingerprint density at radius 2 is 1.53 bits per heavy atom. The highest BCUT2D eigenvalue weighted by atomic mass is 16.5. The predicted octanol–water partition coefficient (Wildman–Crippen LogP) is 4.01. The van der Waals surface area contributed by atoms with Crippen LogP contribution >= 0.6 is 0 Å². The van der Waals surface area contributed by atoms with Crippen molar-refractivity contribution in [3.05, 3.63) is 0 Å². The molecule has 0 spiro atoms. The van der Waals surface area contributed by atoms with Crippen LogP contribution in [0.5, 0.6) is 0 Å². The van der Waals surface area contributed by atoms with Crippen molar-refractivity contribution in [2.45, 2.75) is 71.1 Å². The molecular weight excluding hydrogens is 238 g/mol. The van der Waals surface area contributed by atoms with Crippen molar-refractivity contribution in [3.63, 3.8) is 0 Å². The molecule has 0 saturated carbocycles. The van der Waals surface area contributed by atoms with E-state index >= 15 is 0 Å². The summed E-state index contributed by atoms with van der Waals surface area (Å²) in [5.41, 5.74) is 0. The zero-order chi connectivity index (χ0) is 14.3. The Bertz CT molecular complexity index is 205. The van der Waals surface area contributed by atoms with Gasteiger partial charge >= 0.3 is 5.97 Å². The molecule has 0 aliphatic carbocycles. The normalized spacial score (nSPS) is 10.9. The van der Waals surface area contributed by atoms with E-state index in [0.717, 1.165) is 32.2 Å². The number of hydrogen-bond acceptors (Lipinski definition) is 3. The van der Waals surface area contributed by atoms with Gasteiger partial charge in [0.1, 0.15) is 0 Å². The van der Waals surface area contributed by atoms with Crippen LogP contribution in [0.1, 0.15) is 71.1 Å². The summed E-state index contributed by atoms with van der Waals surface area (Å²) in [7, 11) is 4.20. The second-order valence-electron chi connectivity index (χ2n) is 5.60. The number of rotatable bonds is 13. The molecule has 0 radical (unpaired) electrons. The van der Waals surface area contributed by atoms with Crippen molar-refractivity contribution in [2.75, 3.05) is 27.2 Å². The number of esters is 1. The molecule has 0 aromatic carbocycles. The van der Waals surface area contributed by atoms with Crippen LogP contribution < -0.4 is 0 Å². The molecular formula is C16H33NO2. The number of hydrogen-bond donors (Lipinski definition) is 0. The van der Waals surface area contributed by atoms with Gasteiger partial charge in [0.2, 0.25) is 0 Å². The fourth-order valence-corrected chi connectivity index (χ4v) is 2.01. The first-order valence-electron chi connectivity index (χ1n) is 7.97. The molecule has 0 aliphatic rings. The fraction of sp³-hybridized carbons (Fsp3) is 0.938. The molecule has 0 heterocycles. The molecule has 0 amide bonds. The Hall–Kier alpha value is -0.570. The highest BCUT2D eigenvalue weighted by molar-refractivity contribution is 5.69. The lowest BCUT2D eigenvalue weighted by Crippen LogP contribution is -2.12. The minimum Gasteiger partial charge on any atom is -0.466 e. The minimum atomic E-state index is -0.00945. The number of carbonyl (C=O) groups excluding carboxylic acids is 1. The van der Waals surface area contributed by atoms with Gasteiger partial charge in [-0.15, -0.1) is 0 Å². The lowest BCUT2D eigenvalue weighted by Gasteiger charge is -2.08. The van der Waals surface area contributed by atoms with E-state index in [-0.39, 0.29) is 5.97 Å². The van der Waals surface area contributed by atoms with E-state index in [9.17, 15) is 4.79 Å². The lowest BCUT2D eigenvalue weighted by molar-refractivity contribution is -0.143. The molecule has 0 unspecified atom stereocenters. The van der Waals surface area contributed by atoms with Gasteiger partial charge in [-0.25, -0.2) is 0 Å². The molecule has 0 atom stereocenters. The van der Waals surface area contributed by atoms with E-state index in [0.29, 0.717) is 13.0 Å². The van der Waals surface area contributed by atoms with Crippen LogP contribution in [-0.4, -0.2) is 38.1 Å². The van der Waals surface area contributed by atoms with E-state index in [1.54, 1.807) is 0 Å². The zero-order valence-electron chi connectivity index (χ0n) is 13.2. The van der Waals surface area contributed by atoms with Gasteiger partial charge in [-0.2, -0.15) is 0 Å². The van der Waals surface area contributed by atoms with Gasteiger partial charge in [-0.3, -0.25) is 4.79 Å². The summed E-state index contributed by atoms with van der Waals surface area (Å²) in [4.78, 5) is 13.6. The van der Waals surface area contributed by atoms with Crippen LogP contribution in [-0.2, 0) is 9.53 Å². The van der Waals surface area contributed by atoms with Crippen molar-refractivity contribution in [1.82, 2.24) is 4.90 Å². The maximum absolute atomic E-state index is 11.4. The minimum absolute atomic E-state index is 0.00945. The standard InChI is InChI=1S/C16H33NO2/c1-4-5-6-7-10-13-16(18)19-15-12-9-8-11-14-17(2)3/h4-15H2,1-3H3. The first-order chi connectivity index (χ1) is 9.16. The Labute approximate surface area is 119 Å². The smallest absolute Gasteiger partial charge is 0.305 e. The number of carbonyl (C=O) groups is 1. The molecule has 0 N–H and O–H groups in total. The SMILES string of the molecule is CCCCCCCC(=O)OCCCCCCN(C)C. The second-order valence-corrected chi connectivity index (χ2v) is 5.60. The maximum Gasteiger partial charge on any atom is 0.305 e. The average molecular weight is 271 g/mol. The average Bonchev–Trinajstić information content (AvgIpc) is 2.37. The Kier molecular flexibility index (Phi) is 13.4. The molecule has 19 heavy (non-hydrogen) atoms. The van der Waals surface area contributed by atoms with E-state index in [2.05, 4.69) is 25.9 Å². The highest BCUT2D eigenvalue weighted by Gasteiger charge is 2.02. The lowest BCUT2D eigenvalue weighted by atomic mass is 10.1. The van der Waals surface area contributed by atoms with Crippen molar-refractivity contribution in [1.29, 1.82) is 0 Å². The molecule has 0 bridgehead atoms. The molecule has 0 fully saturated rings. The summed E-state index contributed by atoms with van der Waals surface area (Å²) in [5.74, 6) is -0.00945. The summed E-state index contributed by atoms with van der Waals surface area (Å²) < 4.78 is 5.23. The monoisotopic (exact) mass is 271 g/mol. The van der Waals surface area contributed by atoms with Crippen molar-refractivity contribution >= 4 is 5.97 Å². The number of unbranched alkanes of at least 4 members (excludes halogenated alkanes) is 7. The van der Waals surface area contributed by atoms with E-state index in [1.807, 2.05) is 0 Å². The van der Waals surface area contributed by atoms with Gasteiger partial charge in [0, 0.05) is 6.42 Å². The van der Waals surface area contributed by atoms with E-state index in [1.165, 1.54) is 32.1 Å². The van der Waals surface area contributed by atoms with Gasteiger partial charge in [-0.1, -0.05) is 45.4 Å². The van der Waals surface area contributed by atoms with Gasteiger partial charge < -0.3 is 9.64 Å². The summed E-state index contributed by atoms with van der Waals surface area (Å²) in [6.45, 7) is 3.96. The Morgan fingerprint density at radius 3 is 2.21 bits per heavy atom. The van der Waals surface area contributed by atoms with E-state index < -0.39 is 0 Å². The maximum atomic E-state index is 11.4.